The summed E-state index contributed by atoms with van der Waals surface area (Å²) in [4.78, 5) is 26.4. The second-order valence-electron chi connectivity index (χ2n) is 6.71. The fourth-order valence-electron chi connectivity index (χ4n) is 3.43. The predicted molar refractivity (Wildman–Crippen MR) is 111 cm³/mol. The van der Waals surface area contributed by atoms with Crippen LogP contribution in [0.4, 0.5) is 0 Å². The quantitative estimate of drug-likeness (QED) is 0.461. The van der Waals surface area contributed by atoms with E-state index >= 15 is 0 Å². The molecule has 29 heavy (non-hydrogen) atoms. The topological polar surface area (TPSA) is 78.0 Å². The molecule has 142 valence electrons. The van der Waals surface area contributed by atoms with Crippen LogP contribution in [-0.2, 0) is 6.54 Å². The molecule has 0 unspecified atom stereocenters. The van der Waals surface area contributed by atoms with Crippen LogP contribution in [-0.4, -0.2) is 29.1 Å². The number of rotatable bonds is 3. The monoisotopic (exact) mass is 402 g/mol. The molecule has 1 aromatic carbocycles. The molecule has 0 saturated heterocycles. The molecule has 0 atom stereocenters. The van der Waals surface area contributed by atoms with Crippen LogP contribution in [0, 0.1) is 6.92 Å². The number of fused-ring (bicyclic) bond motifs is 2. The molecule has 4 aromatic heterocycles. The first-order valence-electron chi connectivity index (χ1n) is 9.01. The highest BCUT2D eigenvalue weighted by Gasteiger charge is 2.18. The van der Waals surface area contributed by atoms with Gasteiger partial charge in [0.25, 0.3) is 11.3 Å². The predicted octanol–water partition coefficient (Wildman–Crippen LogP) is 3.51. The van der Waals surface area contributed by atoms with Gasteiger partial charge in [-0.1, -0.05) is 23.7 Å². The number of hydrogen-bond donors (Lipinski definition) is 0. The van der Waals surface area contributed by atoms with Crippen LogP contribution in [0.1, 0.15) is 11.4 Å². The van der Waals surface area contributed by atoms with Gasteiger partial charge in [0.2, 0.25) is 0 Å². The van der Waals surface area contributed by atoms with E-state index in [1.807, 2.05) is 36.4 Å². The van der Waals surface area contributed by atoms with Gasteiger partial charge in [-0.25, -0.2) is 4.98 Å². The van der Waals surface area contributed by atoms with Gasteiger partial charge < -0.3 is 4.57 Å². The summed E-state index contributed by atoms with van der Waals surface area (Å²) >= 11 is 6.23. The van der Waals surface area contributed by atoms with E-state index in [1.54, 1.807) is 40.7 Å². The van der Waals surface area contributed by atoms with Crippen LogP contribution in [0.25, 0.3) is 27.9 Å². The van der Waals surface area contributed by atoms with Crippen molar-refractivity contribution in [1.29, 1.82) is 0 Å². The molecule has 0 spiro atoms. The Morgan fingerprint density at radius 2 is 1.90 bits per heavy atom. The van der Waals surface area contributed by atoms with Crippen molar-refractivity contribution in [3.63, 3.8) is 0 Å². The molecule has 0 aliphatic carbocycles. The number of aryl methyl sites for hydroxylation is 1. The molecule has 5 rings (SSSR count). The third-order valence-electron chi connectivity index (χ3n) is 4.71. The summed E-state index contributed by atoms with van der Waals surface area (Å²) in [5, 5.41) is 5.52. The second-order valence-corrected chi connectivity index (χ2v) is 7.14. The summed E-state index contributed by atoms with van der Waals surface area (Å²) in [5.41, 5.74) is 2.80. The molecule has 8 heteroatoms. The van der Waals surface area contributed by atoms with E-state index in [9.17, 15) is 4.79 Å². The van der Waals surface area contributed by atoms with Gasteiger partial charge in [-0.2, -0.15) is 9.50 Å². The van der Waals surface area contributed by atoms with Gasteiger partial charge in [0.15, 0.2) is 0 Å². The Bertz CT molecular complexity index is 1420. The van der Waals surface area contributed by atoms with E-state index in [-0.39, 0.29) is 5.56 Å². The van der Waals surface area contributed by atoms with Gasteiger partial charge in [-0.3, -0.25) is 9.78 Å². The van der Waals surface area contributed by atoms with Crippen molar-refractivity contribution in [2.45, 2.75) is 13.5 Å². The van der Waals surface area contributed by atoms with Crippen molar-refractivity contribution in [3.8, 4) is 11.3 Å². The smallest absolute Gasteiger partial charge is 0.262 e. The molecule has 0 amide bonds. The van der Waals surface area contributed by atoms with Crippen molar-refractivity contribution in [1.82, 2.24) is 29.1 Å². The zero-order valence-electron chi connectivity index (χ0n) is 15.5. The highest BCUT2D eigenvalue weighted by Crippen LogP contribution is 2.28. The van der Waals surface area contributed by atoms with Crippen LogP contribution in [0.2, 0.25) is 5.02 Å². The average molecular weight is 403 g/mol. The van der Waals surface area contributed by atoms with Gasteiger partial charge in [-0.15, -0.1) is 5.10 Å². The minimum atomic E-state index is -0.156. The first-order chi connectivity index (χ1) is 14.1. The molecule has 0 aliphatic heterocycles. The molecule has 0 N–H and O–H groups in total. The third-order valence-corrected chi connectivity index (χ3v) is 4.94. The van der Waals surface area contributed by atoms with E-state index in [0.717, 1.165) is 11.1 Å². The molecule has 7 nitrogen and oxygen atoms in total. The Labute approximate surface area is 170 Å². The van der Waals surface area contributed by atoms with E-state index < -0.39 is 0 Å². The van der Waals surface area contributed by atoms with Crippen LogP contribution in [0.3, 0.4) is 0 Å². The maximum absolute atomic E-state index is 13.5. The Balaban J connectivity index is 1.84. The lowest BCUT2D eigenvalue weighted by Gasteiger charge is -2.12. The summed E-state index contributed by atoms with van der Waals surface area (Å²) < 4.78 is 3.27. The number of nitrogens with zero attached hydrogens (tertiary/aromatic N) is 6. The second kappa shape index (κ2) is 6.79. The lowest BCUT2D eigenvalue weighted by atomic mass is 10.1. The largest absolute Gasteiger partial charge is 0.310 e. The first-order valence-corrected chi connectivity index (χ1v) is 9.39. The van der Waals surface area contributed by atoms with Gasteiger partial charge in [-0.05, 0) is 42.8 Å². The lowest BCUT2D eigenvalue weighted by molar-refractivity contribution is 0.765. The minimum absolute atomic E-state index is 0.156. The van der Waals surface area contributed by atoms with Crippen molar-refractivity contribution >= 4 is 28.3 Å². The fraction of sp³-hybridized carbons (Fsp3) is 0.0952. The highest BCUT2D eigenvalue weighted by atomic mass is 35.5. The molecule has 4 heterocycles. The zero-order chi connectivity index (χ0) is 20.0. The van der Waals surface area contributed by atoms with E-state index in [2.05, 4.69) is 20.1 Å². The number of benzene rings is 1. The Kier molecular flexibility index (Phi) is 4.10. The summed E-state index contributed by atoms with van der Waals surface area (Å²) in [6.07, 6.45) is 5.17. The van der Waals surface area contributed by atoms with Gasteiger partial charge >= 0.3 is 0 Å². The molecule has 0 bridgehead atoms. The molecule has 0 saturated carbocycles. The van der Waals surface area contributed by atoms with Crippen molar-refractivity contribution in [2.75, 3.05) is 0 Å². The molecule has 0 aliphatic rings. The lowest BCUT2D eigenvalue weighted by Crippen LogP contribution is -2.22. The average Bonchev–Trinajstić information content (AvgIpc) is 3.09. The van der Waals surface area contributed by atoms with Gasteiger partial charge in [0.1, 0.15) is 5.82 Å². The van der Waals surface area contributed by atoms with Crippen LogP contribution in [0.5, 0.6) is 0 Å². The summed E-state index contributed by atoms with van der Waals surface area (Å²) in [6.45, 7) is 2.23. The van der Waals surface area contributed by atoms with Crippen molar-refractivity contribution in [3.05, 3.63) is 87.8 Å². The molecular weight excluding hydrogens is 388 g/mol. The Morgan fingerprint density at radius 1 is 1.07 bits per heavy atom. The standard InChI is InChI=1S/C21H15ClN6O/c1-13-24-21-25-17-7-10-27(12-14-5-8-23-9-6-14)20(29)18(17)19(28(21)26-13)15-3-2-4-16(22)11-15/h2-11H,12H2,1H3. The maximum atomic E-state index is 13.5. The Hall–Kier alpha value is -3.58. The minimum Gasteiger partial charge on any atom is -0.310 e. The van der Waals surface area contributed by atoms with Crippen molar-refractivity contribution < 1.29 is 0 Å². The number of aromatic nitrogens is 6. The molecular formula is C21H15ClN6O. The van der Waals surface area contributed by atoms with Crippen molar-refractivity contribution in [2.24, 2.45) is 0 Å². The Morgan fingerprint density at radius 3 is 2.69 bits per heavy atom. The number of halogens is 1. The molecule has 0 fully saturated rings. The van der Waals surface area contributed by atoms with Crippen LogP contribution >= 0.6 is 11.6 Å². The van der Waals surface area contributed by atoms with Crippen LogP contribution in [0.15, 0.2) is 65.8 Å². The summed E-state index contributed by atoms with van der Waals surface area (Å²) in [7, 11) is 0. The zero-order valence-corrected chi connectivity index (χ0v) is 16.2. The summed E-state index contributed by atoms with van der Waals surface area (Å²) in [5.74, 6) is 1.02. The van der Waals surface area contributed by atoms with E-state index in [0.29, 0.717) is 39.8 Å². The maximum Gasteiger partial charge on any atom is 0.262 e. The number of pyridine rings is 2. The van der Waals surface area contributed by atoms with Crippen LogP contribution < -0.4 is 5.56 Å². The molecule has 0 radical (unpaired) electrons. The first kappa shape index (κ1) is 17.5. The van der Waals surface area contributed by atoms with E-state index in [4.69, 9.17) is 11.6 Å². The van der Waals surface area contributed by atoms with Gasteiger partial charge in [0, 0.05) is 29.2 Å². The molecule has 5 aromatic rings. The normalized spacial score (nSPS) is 11.4. The highest BCUT2D eigenvalue weighted by molar-refractivity contribution is 6.30. The third kappa shape index (κ3) is 3.05. The fourth-order valence-corrected chi connectivity index (χ4v) is 3.62. The van der Waals surface area contributed by atoms with Gasteiger partial charge in [0.05, 0.1) is 23.1 Å². The summed E-state index contributed by atoms with van der Waals surface area (Å²) in [6, 6.07) is 12.9. The van der Waals surface area contributed by atoms with E-state index in [1.165, 1.54) is 0 Å². The SMILES string of the molecule is Cc1nc2nc3ccn(Cc4ccncc4)c(=O)c3c(-c3cccc(Cl)c3)n2n1. The number of hydrogen-bond acceptors (Lipinski definition) is 5.